The third-order valence-corrected chi connectivity index (χ3v) is 1.88. The van der Waals surface area contributed by atoms with Crippen molar-refractivity contribution in [2.75, 3.05) is 5.73 Å². The monoisotopic (exact) mass is 175 g/mol. The number of hydrogen-bond donors (Lipinski definition) is 2. The number of nitrogen functional groups attached to an aromatic ring is 1. The zero-order valence-electron chi connectivity index (χ0n) is 6.90. The van der Waals surface area contributed by atoms with Gasteiger partial charge < -0.3 is 15.3 Å². The predicted molar refractivity (Wildman–Crippen MR) is 50.2 cm³/mol. The van der Waals surface area contributed by atoms with Crippen molar-refractivity contribution in [3.05, 3.63) is 36.8 Å². The summed E-state index contributed by atoms with van der Waals surface area (Å²) >= 11 is 0. The molecular weight excluding hydrogens is 166 g/mol. The SMILES string of the molecule is Nc1cccc(O)c1-c1ccoc1. The lowest BCUT2D eigenvalue weighted by molar-refractivity contribution is 0.477. The van der Waals surface area contributed by atoms with Gasteiger partial charge in [-0.3, -0.25) is 0 Å². The van der Waals surface area contributed by atoms with Gasteiger partial charge in [-0.2, -0.15) is 0 Å². The zero-order chi connectivity index (χ0) is 9.26. The molecule has 0 aliphatic heterocycles. The average molecular weight is 175 g/mol. The molecule has 1 aromatic heterocycles. The van der Waals surface area contributed by atoms with Crippen molar-refractivity contribution in [2.24, 2.45) is 0 Å². The normalized spacial score (nSPS) is 10.2. The molecule has 3 nitrogen and oxygen atoms in total. The summed E-state index contributed by atoms with van der Waals surface area (Å²) < 4.78 is 4.91. The molecule has 0 bridgehead atoms. The van der Waals surface area contributed by atoms with Crippen LogP contribution in [0.15, 0.2) is 41.2 Å². The first-order chi connectivity index (χ1) is 6.29. The molecule has 0 spiro atoms. The Bertz CT molecular complexity index is 387. The molecule has 1 heterocycles. The second kappa shape index (κ2) is 2.86. The fourth-order valence-corrected chi connectivity index (χ4v) is 1.28. The van der Waals surface area contributed by atoms with E-state index in [9.17, 15) is 5.11 Å². The lowest BCUT2D eigenvalue weighted by Crippen LogP contribution is -1.88. The van der Waals surface area contributed by atoms with Crippen LogP contribution in [-0.2, 0) is 0 Å². The van der Waals surface area contributed by atoms with Crippen molar-refractivity contribution in [1.82, 2.24) is 0 Å². The maximum Gasteiger partial charge on any atom is 0.125 e. The molecule has 3 heteroatoms. The third kappa shape index (κ3) is 1.24. The van der Waals surface area contributed by atoms with E-state index in [1.165, 1.54) is 0 Å². The molecule has 0 unspecified atom stereocenters. The zero-order valence-corrected chi connectivity index (χ0v) is 6.90. The fourth-order valence-electron chi connectivity index (χ4n) is 1.28. The van der Waals surface area contributed by atoms with Crippen LogP contribution in [0.1, 0.15) is 0 Å². The second-order valence-electron chi connectivity index (χ2n) is 2.75. The fraction of sp³-hybridized carbons (Fsp3) is 0. The number of furan rings is 1. The predicted octanol–water partition coefficient (Wildman–Crippen LogP) is 2.23. The summed E-state index contributed by atoms with van der Waals surface area (Å²) in [6.45, 7) is 0. The van der Waals surface area contributed by atoms with Crippen molar-refractivity contribution in [1.29, 1.82) is 0 Å². The highest BCUT2D eigenvalue weighted by Gasteiger charge is 2.08. The first kappa shape index (κ1) is 7.73. The molecular formula is C10H9NO2. The van der Waals surface area contributed by atoms with E-state index in [0.29, 0.717) is 11.3 Å². The van der Waals surface area contributed by atoms with Gasteiger partial charge in [0.15, 0.2) is 0 Å². The summed E-state index contributed by atoms with van der Waals surface area (Å²) in [6.07, 6.45) is 3.09. The van der Waals surface area contributed by atoms with Gasteiger partial charge >= 0.3 is 0 Å². The van der Waals surface area contributed by atoms with Crippen LogP contribution in [0.25, 0.3) is 11.1 Å². The summed E-state index contributed by atoms with van der Waals surface area (Å²) in [7, 11) is 0. The van der Waals surface area contributed by atoms with Crippen molar-refractivity contribution in [3.63, 3.8) is 0 Å². The topological polar surface area (TPSA) is 59.4 Å². The molecule has 0 atom stereocenters. The molecule has 0 saturated carbocycles. The Hall–Kier alpha value is -1.90. The van der Waals surface area contributed by atoms with E-state index in [1.807, 2.05) is 0 Å². The molecule has 2 aromatic rings. The average Bonchev–Trinajstić information content (AvgIpc) is 2.57. The molecule has 0 saturated heterocycles. The molecule has 1 aromatic carbocycles. The van der Waals surface area contributed by atoms with E-state index in [4.69, 9.17) is 10.2 Å². The minimum atomic E-state index is 0.168. The van der Waals surface area contributed by atoms with E-state index < -0.39 is 0 Å². The lowest BCUT2D eigenvalue weighted by Gasteiger charge is -2.04. The van der Waals surface area contributed by atoms with Gasteiger partial charge in [0.2, 0.25) is 0 Å². The van der Waals surface area contributed by atoms with Crippen molar-refractivity contribution >= 4 is 5.69 Å². The summed E-state index contributed by atoms with van der Waals surface area (Å²) in [5.41, 5.74) is 7.66. The van der Waals surface area contributed by atoms with Crippen LogP contribution in [0.2, 0.25) is 0 Å². The highest BCUT2D eigenvalue weighted by atomic mass is 16.3. The molecule has 0 aliphatic rings. The van der Waals surface area contributed by atoms with E-state index in [0.717, 1.165) is 5.56 Å². The minimum Gasteiger partial charge on any atom is -0.507 e. The van der Waals surface area contributed by atoms with Crippen molar-refractivity contribution < 1.29 is 9.52 Å². The van der Waals surface area contributed by atoms with Crippen LogP contribution >= 0.6 is 0 Å². The van der Waals surface area contributed by atoms with Gasteiger partial charge in [0.25, 0.3) is 0 Å². The number of hydrogen-bond acceptors (Lipinski definition) is 3. The third-order valence-electron chi connectivity index (χ3n) is 1.88. The summed E-state index contributed by atoms with van der Waals surface area (Å²) in [5, 5.41) is 9.54. The Kier molecular flexibility index (Phi) is 1.70. The van der Waals surface area contributed by atoms with Crippen molar-refractivity contribution in [3.8, 4) is 16.9 Å². The lowest BCUT2D eigenvalue weighted by atomic mass is 10.1. The van der Waals surface area contributed by atoms with Crippen LogP contribution in [-0.4, -0.2) is 5.11 Å². The van der Waals surface area contributed by atoms with Crippen LogP contribution in [0, 0.1) is 0 Å². The van der Waals surface area contributed by atoms with Crippen molar-refractivity contribution in [2.45, 2.75) is 0 Å². The van der Waals surface area contributed by atoms with Gasteiger partial charge in [-0.05, 0) is 18.2 Å². The Morgan fingerprint density at radius 1 is 1.23 bits per heavy atom. The molecule has 0 amide bonds. The number of phenols is 1. The molecule has 0 radical (unpaired) electrons. The largest absolute Gasteiger partial charge is 0.507 e. The minimum absolute atomic E-state index is 0.168. The number of benzene rings is 1. The van der Waals surface area contributed by atoms with E-state index in [2.05, 4.69) is 0 Å². The number of anilines is 1. The molecule has 3 N–H and O–H groups in total. The van der Waals surface area contributed by atoms with E-state index in [1.54, 1.807) is 36.8 Å². The molecule has 66 valence electrons. The first-order valence-corrected chi connectivity index (χ1v) is 3.89. The van der Waals surface area contributed by atoms with Gasteiger partial charge in [-0.1, -0.05) is 6.07 Å². The van der Waals surface area contributed by atoms with Gasteiger partial charge in [0, 0.05) is 16.8 Å². The van der Waals surface area contributed by atoms with Crippen LogP contribution in [0.3, 0.4) is 0 Å². The summed E-state index contributed by atoms with van der Waals surface area (Å²) in [5.74, 6) is 0.168. The maximum atomic E-state index is 9.54. The summed E-state index contributed by atoms with van der Waals surface area (Å²) in [6, 6.07) is 6.79. The molecule has 2 rings (SSSR count). The first-order valence-electron chi connectivity index (χ1n) is 3.89. The quantitative estimate of drug-likeness (QED) is 0.653. The molecule has 13 heavy (non-hydrogen) atoms. The van der Waals surface area contributed by atoms with E-state index >= 15 is 0 Å². The van der Waals surface area contributed by atoms with Crippen LogP contribution < -0.4 is 5.73 Å². The van der Waals surface area contributed by atoms with Gasteiger partial charge in [-0.15, -0.1) is 0 Å². The highest BCUT2D eigenvalue weighted by Crippen LogP contribution is 2.34. The van der Waals surface area contributed by atoms with Crippen LogP contribution in [0.4, 0.5) is 5.69 Å². The Labute approximate surface area is 75.4 Å². The second-order valence-corrected chi connectivity index (χ2v) is 2.75. The number of phenolic OH excluding ortho intramolecular Hbond substituents is 1. The highest BCUT2D eigenvalue weighted by molar-refractivity contribution is 5.80. The van der Waals surface area contributed by atoms with Gasteiger partial charge in [0.1, 0.15) is 5.75 Å². The number of aromatic hydroxyl groups is 1. The number of nitrogens with two attached hydrogens (primary N) is 1. The van der Waals surface area contributed by atoms with E-state index in [-0.39, 0.29) is 5.75 Å². The molecule has 0 fully saturated rings. The Balaban J connectivity index is 2.64. The Morgan fingerprint density at radius 2 is 2.08 bits per heavy atom. The van der Waals surface area contributed by atoms with Crippen LogP contribution in [0.5, 0.6) is 5.75 Å². The van der Waals surface area contributed by atoms with Gasteiger partial charge in [0.05, 0.1) is 12.5 Å². The summed E-state index contributed by atoms with van der Waals surface area (Å²) in [4.78, 5) is 0. The standard InChI is InChI=1S/C10H9NO2/c11-8-2-1-3-9(12)10(8)7-4-5-13-6-7/h1-6,12H,11H2. The Morgan fingerprint density at radius 3 is 2.69 bits per heavy atom. The smallest absolute Gasteiger partial charge is 0.125 e. The molecule has 0 aliphatic carbocycles. The van der Waals surface area contributed by atoms with Gasteiger partial charge in [-0.25, -0.2) is 0 Å². The maximum absolute atomic E-state index is 9.54. The number of rotatable bonds is 1.